The van der Waals surface area contributed by atoms with Gasteiger partial charge in [0.1, 0.15) is 4.90 Å². The summed E-state index contributed by atoms with van der Waals surface area (Å²) in [5.41, 5.74) is 7.64. The highest BCUT2D eigenvalue weighted by molar-refractivity contribution is 7.89. The van der Waals surface area contributed by atoms with Crippen molar-refractivity contribution in [2.24, 2.45) is 0 Å². The van der Waals surface area contributed by atoms with E-state index in [1.165, 1.54) is 4.31 Å². The highest BCUT2D eigenvalue weighted by atomic mass is 32.2. The summed E-state index contributed by atoms with van der Waals surface area (Å²) in [6.07, 6.45) is 5.95. The molecule has 0 aliphatic heterocycles. The molecule has 0 atom stereocenters. The van der Waals surface area contributed by atoms with Gasteiger partial charge in [-0.25, -0.2) is 8.42 Å². The first-order chi connectivity index (χ1) is 8.86. The molecule has 0 bridgehead atoms. The molecule has 0 heterocycles. The maximum absolute atomic E-state index is 12.7. The number of nitrogen functional groups attached to an aromatic ring is 1. The Bertz CT molecular complexity index is 601. The normalized spacial score (nSPS) is 11.5. The van der Waals surface area contributed by atoms with Crippen molar-refractivity contribution in [3.05, 3.63) is 23.3 Å². The minimum absolute atomic E-state index is 0.0585. The molecule has 0 aromatic heterocycles. The van der Waals surface area contributed by atoms with Gasteiger partial charge in [-0.2, -0.15) is 4.31 Å². The van der Waals surface area contributed by atoms with Crippen LogP contribution in [0.1, 0.15) is 24.5 Å². The van der Waals surface area contributed by atoms with Crippen molar-refractivity contribution in [3.63, 3.8) is 0 Å². The Hall–Kier alpha value is -1.51. The zero-order valence-corrected chi connectivity index (χ0v) is 12.4. The molecule has 0 unspecified atom stereocenters. The molecular formula is C14H20N2O2S. The fraction of sp³-hybridized carbons (Fsp3) is 0.429. The van der Waals surface area contributed by atoms with Crippen LogP contribution < -0.4 is 5.73 Å². The molecule has 1 rings (SSSR count). The highest BCUT2D eigenvalue weighted by Crippen LogP contribution is 2.28. The van der Waals surface area contributed by atoms with E-state index in [0.29, 0.717) is 24.2 Å². The standard InChI is InChI=1S/C14H20N2O2S/c1-5-9-16(10-6-2)19(17,18)14-12(4)8-7-11(3)13(14)15/h1,7-8H,6,9-10,15H2,2-4H3. The molecule has 0 radical (unpaired) electrons. The van der Waals surface area contributed by atoms with Crippen LogP contribution in [0.2, 0.25) is 0 Å². The molecule has 0 aliphatic rings. The topological polar surface area (TPSA) is 63.4 Å². The van der Waals surface area contributed by atoms with Crippen molar-refractivity contribution in [1.29, 1.82) is 0 Å². The summed E-state index contributed by atoms with van der Waals surface area (Å²) in [5, 5.41) is 0. The molecule has 19 heavy (non-hydrogen) atoms. The average molecular weight is 280 g/mol. The summed E-state index contributed by atoms with van der Waals surface area (Å²) < 4.78 is 26.6. The van der Waals surface area contributed by atoms with E-state index in [2.05, 4.69) is 5.92 Å². The van der Waals surface area contributed by atoms with Crippen LogP contribution in [0.25, 0.3) is 0 Å². The van der Waals surface area contributed by atoms with Crippen molar-refractivity contribution < 1.29 is 8.42 Å². The average Bonchev–Trinajstić information content (AvgIpc) is 2.34. The van der Waals surface area contributed by atoms with Crippen LogP contribution in [-0.4, -0.2) is 25.8 Å². The van der Waals surface area contributed by atoms with Crippen LogP contribution in [-0.2, 0) is 10.0 Å². The van der Waals surface area contributed by atoms with Crippen molar-refractivity contribution in [3.8, 4) is 12.3 Å². The molecule has 0 amide bonds. The molecule has 0 saturated carbocycles. The molecule has 4 nitrogen and oxygen atoms in total. The number of terminal acetylenes is 1. The predicted molar refractivity (Wildman–Crippen MR) is 78.2 cm³/mol. The maximum atomic E-state index is 12.7. The van der Waals surface area contributed by atoms with Crippen LogP contribution in [0.3, 0.4) is 0 Å². The molecule has 1 aromatic rings. The van der Waals surface area contributed by atoms with E-state index in [4.69, 9.17) is 12.2 Å². The van der Waals surface area contributed by atoms with Gasteiger partial charge in [0.2, 0.25) is 10.0 Å². The van der Waals surface area contributed by atoms with E-state index in [9.17, 15) is 8.42 Å². The zero-order chi connectivity index (χ0) is 14.6. The van der Waals surface area contributed by atoms with Gasteiger partial charge in [-0.3, -0.25) is 0 Å². The fourth-order valence-corrected chi connectivity index (χ4v) is 3.75. The highest BCUT2D eigenvalue weighted by Gasteiger charge is 2.27. The number of benzene rings is 1. The largest absolute Gasteiger partial charge is 0.397 e. The number of rotatable bonds is 5. The molecular weight excluding hydrogens is 260 g/mol. The first-order valence-corrected chi connectivity index (χ1v) is 7.59. The summed E-state index contributed by atoms with van der Waals surface area (Å²) in [4.78, 5) is 0.177. The zero-order valence-electron chi connectivity index (χ0n) is 11.6. The van der Waals surface area contributed by atoms with Gasteiger partial charge in [-0.05, 0) is 31.4 Å². The number of nitrogens with zero attached hydrogens (tertiary/aromatic N) is 1. The van der Waals surface area contributed by atoms with Crippen LogP contribution in [0, 0.1) is 26.2 Å². The minimum Gasteiger partial charge on any atom is -0.397 e. The Kier molecular flexibility index (Phi) is 4.98. The quantitative estimate of drug-likeness (QED) is 0.662. The summed E-state index contributed by atoms with van der Waals surface area (Å²) >= 11 is 0. The van der Waals surface area contributed by atoms with Crippen LogP contribution in [0.15, 0.2) is 17.0 Å². The Morgan fingerprint density at radius 3 is 2.42 bits per heavy atom. The number of hydrogen-bond acceptors (Lipinski definition) is 3. The lowest BCUT2D eigenvalue weighted by Crippen LogP contribution is -2.33. The van der Waals surface area contributed by atoms with Crippen molar-refractivity contribution in [2.45, 2.75) is 32.1 Å². The summed E-state index contributed by atoms with van der Waals surface area (Å²) in [5.74, 6) is 2.39. The van der Waals surface area contributed by atoms with Crippen molar-refractivity contribution in [1.82, 2.24) is 4.31 Å². The lowest BCUT2D eigenvalue weighted by molar-refractivity contribution is 0.445. The van der Waals surface area contributed by atoms with Gasteiger partial charge in [0.05, 0.1) is 12.2 Å². The number of anilines is 1. The second kappa shape index (κ2) is 6.09. The minimum atomic E-state index is -3.64. The lowest BCUT2D eigenvalue weighted by Gasteiger charge is -2.22. The van der Waals surface area contributed by atoms with Gasteiger partial charge in [0.15, 0.2) is 0 Å². The van der Waals surface area contributed by atoms with Crippen LogP contribution in [0.5, 0.6) is 0 Å². The smallest absolute Gasteiger partial charge is 0.246 e. The number of hydrogen-bond donors (Lipinski definition) is 1. The predicted octanol–water partition coefficient (Wildman–Crippen LogP) is 1.92. The third-order valence-electron chi connectivity index (χ3n) is 2.95. The molecule has 0 saturated heterocycles. The molecule has 0 aliphatic carbocycles. The Balaban J connectivity index is 3.42. The van der Waals surface area contributed by atoms with Gasteiger partial charge < -0.3 is 5.73 Å². The number of nitrogens with two attached hydrogens (primary N) is 1. The molecule has 2 N–H and O–H groups in total. The maximum Gasteiger partial charge on any atom is 0.246 e. The second-order valence-electron chi connectivity index (χ2n) is 4.48. The number of sulfonamides is 1. The van der Waals surface area contributed by atoms with E-state index in [-0.39, 0.29) is 11.4 Å². The number of aryl methyl sites for hydroxylation is 2. The van der Waals surface area contributed by atoms with E-state index < -0.39 is 10.0 Å². The second-order valence-corrected chi connectivity index (χ2v) is 6.36. The Labute approximate surface area is 115 Å². The third-order valence-corrected chi connectivity index (χ3v) is 5.00. The SMILES string of the molecule is C#CCN(CCC)S(=O)(=O)c1c(C)ccc(C)c1N. The van der Waals surface area contributed by atoms with Gasteiger partial charge >= 0.3 is 0 Å². The summed E-state index contributed by atoms with van der Waals surface area (Å²) in [6, 6.07) is 3.58. The molecule has 104 valence electrons. The van der Waals surface area contributed by atoms with E-state index >= 15 is 0 Å². The molecule has 5 heteroatoms. The van der Waals surface area contributed by atoms with Gasteiger partial charge in [0.25, 0.3) is 0 Å². The first kappa shape index (κ1) is 15.5. The first-order valence-electron chi connectivity index (χ1n) is 6.15. The fourth-order valence-electron chi connectivity index (χ4n) is 1.91. The van der Waals surface area contributed by atoms with Gasteiger partial charge in [0, 0.05) is 6.54 Å². The monoisotopic (exact) mass is 280 g/mol. The molecule has 1 aromatic carbocycles. The van der Waals surface area contributed by atoms with Crippen molar-refractivity contribution in [2.75, 3.05) is 18.8 Å². The van der Waals surface area contributed by atoms with E-state index in [1.54, 1.807) is 19.9 Å². The van der Waals surface area contributed by atoms with Crippen LogP contribution >= 0.6 is 0 Å². The molecule has 0 fully saturated rings. The third kappa shape index (κ3) is 3.09. The van der Waals surface area contributed by atoms with Gasteiger partial charge in [-0.15, -0.1) is 6.42 Å². The van der Waals surface area contributed by atoms with E-state index in [0.717, 1.165) is 5.56 Å². The van der Waals surface area contributed by atoms with Crippen LogP contribution in [0.4, 0.5) is 5.69 Å². The summed E-state index contributed by atoms with van der Waals surface area (Å²) in [6.45, 7) is 5.88. The van der Waals surface area contributed by atoms with Crippen molar-refractivity contribution >= 4 is 15.7 Å². The molecule has 0 spiro atoms. The Morgan fingerprint density at radius 1 is 1.32 bits per heavy atom. The lowest BCUT2D eigenvalue weighted by atomic mass is 10.1. The van der Waals surface area contributed by atoms with Gasteiger partial charge in [-0.1, -0.05) is 25.0 Å². The van der Waals surface area contributed by atoms with E-state index in [1.807, 2.05) is 13.0 Å². The Morgan fingerprint density at radius 2 is 1.89 bits per heavy atom. The summed E-state index contributed by atoms with van der Waals surface area (Å²) in [7, 11) is -3.64.